The Hall–Kier alpha value is -2.56. The largest absolute Gasteiger partial charge is 0.358 e. The molecule has 2 heterocycles. The summed E-state index contributed by atoms with van der Waals surface area (Å²) in [5.41, 5.74) is 7.36. The number of rotatable bonds is 4. The second-order valence-electron chi connectivity index (χ2n) is 7.54. The molecular formula is C21H26N4O. The van der Waals surface area contributed by atoms with Crippen LogP contribution in [0.25, 0.3) is 10.9 Å². The Balaban J connectivity index is 1.74. The van der Waals surface area contributed by atoms with Gasteiger partial charge in [0, 0.05) is 42.0 Å². The molecule has 0 radical (unpaired) electrons. The highest BCUT2D eigenvalue weighted by atomic mass is 16.2. The number of para-hydroxylation sites is 1. The van der Waals surface area contributed by atoms with Crippen LogP contribution >= 0.6 is 0 Å². The highest BCUT2D eigenvalue weighted by molar-refractivity contribution is 6.06. The predicted octanol–water partition coefficient (Wildman–Crippen LogP) is 3.94. The SMILES string of the molecule is Cc1nn(C)c(C)c1CN(C(=O)c1cccc2c(C)c(C)[nH]c12)C1CC1. The fourth-order valence-electron chi connectivity index (χ4n) is 3.79. The number of nitrogens with zero attached hydrogens (tertiary/aromatic N) is 3. The van der Waals surface area contributed by atoms with Gasteiger partial charge < -0.3 is 9.88 Å². The summed E-state index contributed by atoms with van der Waals surface area (Å²) in [5, 5.41) is 5.65. The van der Waals surface area contributed by atoms with Crippen molar-refractivity contribution in [2.75, 3.05) is 0 Å². The third-order valence-electron chi connectivity index (χ3n) is 5.81. The number of nitrogens with one attached hydrogen (secondary N) is 1. The number of amides is 1. The maximum atomic E-state index is 13.5. The molecule has 0 atom stereocenters. The van der Waals surface area contributed by atoms with Crippen molar-refractivity contribution in [3.05, 3.63) is 52.0 Å². The molecule has 5 nitrogen and oxygen atoms in total. The van der Waals surface area contributed by atoms with Crippen molar-refractivity contribution in [2.24, 2.45) is 7.05 Å². The fourth-order valence-corrected chi connectivity index (χ4v) is 3.79. The van der Waals surface area contributed by atoms with Crippen LogP contribution in [-0.2, 0) is 13.6 Å². The van der Waals surface area contributed by atoms with E-state index in [2.05, 4.69) is 36.9 Å². The van der Waals surface area contributed by atoms with Crippen molar-refractivity contribution < 1.29 is 4.79 Å². The first-order valence-corrected chi connectivity index (χ1v) is 9.26. The van der Waals surface area contributed by atoms with E-state index in [4.69, 9.17) is 0 Å². The van der Waals surface area contributed by atoms with E-state index in [1.807, 2.05) is 35.7 Å². The van der Waals surface area contributed by atoms with Gasteiger partial charge in [0.2, 0.25) is 0 Å². The molecule has 1 amide bonds. The average Bonchev–Trinajstić information content (AvgIpc) is 3.36. The first-order chi connectivity index (χ1) is 12.4. The topological polar surface area (TPSA) is 53.9 Å². The third-order valence-corrected chi connectivity index (χ3v) is 5.81. The highest BCUT2D eigenvalue weighted by Gasteiger charge is 2.35. The molecule has 0 bridgehead atoms. The molecule has 0 saturated heterocycles. The number of aromatic amines is 1. The van der Waals surface area contributed by atoms with E-state index in [0.717, 1.165) is 46.4 Å². The molecule has 1 N–H and O–H groups in total. The lowest BCUT2D eigenvalue weighted by Crippen LogP contribution is -2.33. The maximum Gasteiger partial charge on any atom is 0.256 e. The van der Waals surface area contributed by atoms with E-state index in [1.54, 1.807) is 0 Å². The number of carbonyl (C=O) groups excluding carboxylic acids is 1. The molecule has 1 aromatic carbocycles. The molecule has 1 fully saturated rings. The van der Waals surface area contributed by atoms with Crippen molar-refractivity contribution in [2.45, 2.75) is 53.1 Å². The summed E-state index contributed by atoms with van der Waals surface area (Å²) in [6.45, 7) is 8.89. The smallest absolute Gasteiger partial charge is 0.256 e. The van der Waals surface area contributed by atoms with Gasteiger partial charge in [-0.3, -0.25) is 9.48 Å². The average molecular weight is 350 g/mol. The third kappa shape index (κ3) is 2.62. The van der Waals surface area contributed by atoms with E-state index in [0.29, 0.717) is 12.6 Å². The van der Waals surface area contributed by atoms with E-state index in [-0.39, 0.29) is 5.91 Å². The molecule has 0 aliphatic heterocycles. The van der Waals surface area contributed by atoms with Gasteiger partial charge in [0.1, 0.15) is 0 Å². The van der Waals surface area contributed by atoms with Crippen LogP contribution in [0.3, 0.4) is 0 Å². The van der Waals surface area contributed by atoms with Gasteiger partial charge in [-0.05, 0) is 52.2 Å². The second kappa shape index (κ2) is 6.01. The molecule has 1 saturated carbocycles. The van der Waals surface area contributed by atoms with Gasteiger partial charge in [0.15, 0.2) is 0 Å². The van der Waals surface area contributed by atoms with E-state index >= 15 is 0 Å². The van der Waals surface area contributed by atoms with Crippen LogP contribution in [0.15, 0.2) is 18.2 Å². The summed E-state index contributed by atoms with van der Waals surface area (Å²) in [5.74, 6) is 0.113. The van der Waals surface area contributed by atoms with Crippen molar-refractivity contribution in [1.29, 1.82) is 0 Å². The van der Waals surface area contributed by atoms with Crippen LogP contribution in [0.4, 0.5) is 0 Å². The summed E-state index contributed by atoms with van der Waals surface area (Å²) in [7, 11) is 1.96. The lowest BCUT2D eigenvalue weighted by molar-refractivity contribution is 0.0731. The number of aryl methyl sites for hydroxylation is 4. The zero-order valence-corrected chi connectivity index (χ0v) is 16.2. The normalized spacial score (nSPS) is 14.2. The van der Waals surface area contributed by atoms with E-state index in [1.165, 1.54) is 11.1 Å². The molecule has 26 heavy (non-hydrogen) atoms. The zero-order valence-electron chi connectivity index (χ0n) is 16.2. The Morgan fingerprint density at radius 2 is 2.00 bits per heavy atom. The molecular weight excluding hydrogens is 324 g/mol. The summed E-state index contributed by atoms with van der Waals surface area (Å²) in [6, 6.07) is 6.36. The molecule has 136 valence electrons. The quantitative estimate of drug-likeness (QED) is 0.775. The van der Waals surface area contributed by atoms with E-state index < -0.39 is 0 Å². The minimum atomic E-state index is 0.113. The number of hydrogen-bond acceptors (Lipinski definition) is 2. The van der Waals surface area contributed by atoms with Gasteiger partial charge in [-0.2, -0.15) is 5.10 Å². The predicted molar refractivity (Wildman–Crippen MR) is 103 cm³/mol. The molecule has 3 aromatic rings. The molecule has 2 aromatic heterocycles. The fraction of sp³-hybridized carbons (Fsp3) is 0.429. The van der Waals surface area contributed by atoms with Gasteiger partial charge in [0.05, 0.1) is 16.8 Å². The number of hydrogen-bond donors (Lipinski definition) is 1. The Labute approximate surface area is 154 Å². The molecule has 1 aliphatic rings. The van der Waals surface area contributed by atoms with Crippen molar-refractivity contribution in [1.82, 2.24) is 19.7 Å². The summed E-state index contributed by atoms with van der Waals surface area (Å²) < 4.78 is 1.90. The van der Waals surface area contributed by atoms with Crippen LogP contribution in [0.1, 0.15) is 51.4 Å². The second-order valence-corrected chi connectivity index (χ2v) is 7.54. The van der Waals surface area contributed by atoms with Crippen molar-refractivity contribution in [3.63, 3.8) is 0 Å². The lowest BCUT2D eigenvalue weighted by atomic mass is 10.1. The first kappa shape index (κ1) is 16.9. The number of fused-ring (bicyclic) bond motifs is 1. The molecule has 1 aliphatic carbocycles. The van der Waals surface area contributed by atoms with Crippen LogP contribution in [0.2, 0.25) is 0 Å². The van der Waals surface area contributed by atoms with Crippen molar-refractivity contribution in [3.8, 4) is 0 Å². The number of benzene rings is 1. The molecule has 4 rings (SSSR count). The summed E-state index contributed by atoms with van der Waals surface area (Å²) in [6.07, 6.45) is 2.17. The van der Waals surface area contributed by atoms with Gasteiger partial charge >= 0.3 is 0 Å². The standard InChI is InChI=1S/C21H26N4O/c1-12-13(2)22-20-17(12)7-6-8-18(20)21(26)25(16-9-10-16)11-19-14(3)23-24(5)15(19)4/h6-8,16,22H,9-11H2,1-5H3. The van der Waals surface area contributed by atoms with Gasteiger partial charge in [-0.15, -0.1) is 0 Å². The Bertz CT molecular complexity index is 1010. The Kier molecular flexibility index (Phi) is 3.90. The van der Waals surface area contributed by atoms with Crippen LogP contribution in [0, 0.1) is 27.7 Å². The minimum Gasteiger partial charge on any atom is -0.358 e. The van der Waals surface area contributed by atoms with Gasteiger partial charge in [-0.1, -0.05) is 12.1 Å². The zero-order chi connectivity index (χ0) is 18.6. The van der Waals surface area contributed by atoms with Crippen molar-refractivity contribution >= 4 is 16.8 Å². The van der Waals surface area contributed by atoms with Gasteiger partial charge in [-0.25, -0.2) is 0 Å². The minimum absolute atomic E-state index is 0.113. The van der Waals surface area contributed by atoms with Crippen LogP contribution in [0.5, 0.6) is 0 Å². The first-order valence-electron chi connectivity index (χ1n) is 9.26. The Morgan fingerprint density at radius 3 is 2.62 bits per heavy atom. The summed E-state index contributed by atoms with van der Waals surface area (Å²) in [4.78, 5) is 18.9. The number of carbonyl (C=O) groups is 1. The number of H-pyrrole nitrogens is 1. The molecule has 5 heteroatoms. The molecule has 0 spiro atoms. The lowest BCUT2D eigenvalue weighted by Gasteiger charge is -2.23. The summed E-state index contributed by atoms with van der Waals surface area (Å²) >= 11 is 0. The number of aromatic nitrogens is 3. The van der Waals surface area contributed by atoms with E-state index in [9.17, 15) is 4.79 Å². The van der Waals surface area contributed by atoms with Crippen LogP contribution < -0.4 is 0 Å². The van der Waals surface area contributed by atoms with Crippen LogP contribution in [-0.4, -0.2) is 31.6 Å². The monoisotopic (exact) mass is 350 g/mol. The Morgan fingerprint density at radius 1 is 1.27 bits per heavy atom. The highest BCUT2D eigenvalue weighted by Crippen LogP contribution is 2.33. The maximum absolute atomic E-state index is 13.5. The van der Waals surface area contributed by atoms with Gasteiger partial charge in [0.25, 0.3) is 5.91 Å². The molecule has 0 unspecified atom stereocenters.